The second kappa shape index (κ2) is 6.70. The molecular formula is C14H18BrNO3. The van der Waals surface area contributed by atoms with Crippen LogP contribution in [0.2, 0.25) is 0 Å². The highest BCUT2D eigenvalue weighted by molar-refractivity contribution is 9.10. The predicted octanol–water partition coefficient (Wildman–Crippen LogP) is 2.75. The van der Waals surface area contributed by atoms with Crippen LogP contribution in [0.5, 0.6) is 0 Å². The Morgan fingerprint density at radius 3 is 2.63 bits per heavy atom. The first-order valence-corrected chi connectivity index (χ1v) is 6.95. The molecule has 0 aromatic heterocycles. The van der Waals surface area contributed by atoms with Gasteiger partial charge in [0.25, 0.3) is 0 Å². The van der Waals surface area contributed by atoms with Crippen LogP contribution in [0.3, 0.4) is 0 Å². The van der Waals surface area contributed by atoms with Crippen LogP contribution in [0.25, 0.3) is 0 Å². The molecule has 0 radical (unpaired) electrons. The smallest absolute Gasteiger partial charge is 0.329 e. The summed E-state index contributed by atoms with van der Waals surface area (Å²) in [5.74, 6) is -1.28. The average molecular weight is 328 g/mol. The molecule has 0 fully saturated rings. The molecule has 1 atom stereocenters. The van der Waals surface area contributed by atoms with Gasteiger partial charge < -0.3 is 10.4 Å². The van der Waals surface area contributed by atoms with Crippen LogP contribution in [-0.4, -0.2) is 22.5 Å². The van der Waals surface area contributed by atoms with Crippen LogP contribution in [0.4, 0.5) is 0 Å². The highest BCUT2D eigenvalue weighted by atomic mass is 79.9. The van der Waals surface area contributed by atoms with Gasteiger partial charge in [-0.1, -0.05) is 41.4 Å². The van der Waals surface area contributed by atoms with Gasteiger partial charge in [0.15, 0.2) is 0 Å². The number of hydrogen-bond acceptors (Lipinski definition) is 2. The largest absolute Gasteiger partial charge is 0.480 e. The number of carboxylic acids is 1. The first-order valence-electron chi connectivity index (χ1n) is 6.16. The lowest BCUT2D eigenvalue weighted by Crippen LogP contribution is -2.52. The average Bonchev–Trinajstić information content (AvgIpc) is 2.28. The quantitative estimate of drug-likeness (QED) is 0.844. The summed E-state index contributed by atoms with van der Waals surface area (Å²) < 4.78 is 0.896. The molecule has 0 saturated carbocycles. The Labute approximate surface area is 121 Å². The van der Waals surface area contributed by atoms with E-state index < -0.39 is 11.5 Å². The molecule has 1 rings (SSSR count). The fraction of sp³-hybridized carbons (Fsp3) is 0.429. The van der Waals surface area contributed by atoms with Crippen LogP contribution in [0, 0.1) is 0 Å². The zero-order valence-corrected chi connectivity index (χ0v) is 12.7. The Kier molecular flexibility index (Phi) is 5.54. The molecular weight excluding hydrogens is 310 g/mol. The van der Waals surface area contributed by atoms with Crippen LogP contribution >= 0.6 is 15.9 Å². The van der Waals surface area contributed by atoms with E-state index in [0.29, 0.717) is 12.8 Å². The summed E-state index contributed by atoms with van der Waals surface area (Å²) in [4.78, 5) is 23.2. The molecule has 0 aliphatic rings. The zero-order chi connectivity index (χ0) is 14.5. The topological polar surface area (TPSA) is 66.4 Å². The van der Waals surface area contributed by atoms with Crippen molar-refractivity contribution in [2.75, 3.05) is 0 Å². The Morgan fingerprint density at radius 2 is 2.11 bits per heavy atom. The Bertz CT molecular complexity index is 476. The molecule has 104 valence electrons. The number of carbonyl (C=O) groups is 2. The third-order valence-corrected chi connectivity index (χ3v) is 3.38. The maximum atomic E-state index is 11.9. The van der Waals surface area contributed by atoms with Gasteiger partial charge in [-0.2, -0.15) is 0 Å². The number of halogens is 1. The SMILES string of the molecule is CCCC(C)(NC(=O)Cc1cccc(Br)c1)C(=O)O. The molecule has 0 heterocycles. The molecule has 1 aromatic carbocycles. The van der Waals surface area contributed by atoms with Gasteiger partial charge in [-0.15, -0.1) is 0 Å². The van der Waals surface area contributed by atoms with E-state index >= 15 is 0 Å². The summed E-state index contributed by atoms with van der Waals surface area (Å²) in [5.41, 5.74) is -0.353. The van der Waals surface area contributed by atoms with Crippen molar-refractivity contribution in [3.63, 3.8) is 0 Å². The van der Waals surface area contributed by atoms with Crippen LogP contribution < -0.4 is 5.32 Å². The van der Waals surface area contributed by atoms with Crippen LogP contribution in [0.15, 0.2) is 28.7 Å². The maximum Gasteiger partial charge on any atom is 0.329 e. The second-order valence-electron chi connectivity index (χ2n) is 4.74. The Balaban J connectivity index is 2.71. The van der Waals surface area contributed by atoms with Crippen molar-refractivity contribution >= 4 is 27.8 Å². The molecule has 1 amide bonds. The minimum absolute atomic E-state index is 0.173. The summed E-state index contributed by atoms with van der Waals surface area (Å²) in [6.07, 6.45) is 1.28. The molecule has 0 saturated heterocycles. The van der Waals surface area contributed by atoms with E-state index in [9.17, 15) is 14.7 Å². The van der Waals surface area contributed by atoms with Gasteiger partial charge in [0, 0.05) is 4.47 Å². The summed E-state index contributed by atoms with van der Waals surface area (Å²) in [6.45, 7) is 3.43. The normalized spacial score (nSPS) is 13.6. The van der Waals surface area contributed by atoms with Crippen molar-refractivity contribution in [3.05, 3.63) is 34.3 Å². The minimum atomic E-state index is -1.20. The summed E-state index contributed by atoms with van der Waals surface area (Å²) in [7, 11) is 0. The van der Waals surface area contributed by atoms with E-state index in [1.165, 1.54) is 6.92 Å². The molecule has 1 aromatic rings. The summed E-state index contributed by atoms with van der Waals surface area (Å²) in [5, 5.41) is 11.8. The zero-order valence-electron chi connectivity index (χ0n) is 11.1. The molecule has 19 heavy (non-hydrogen) atoms. The van der Waals surface area contributed by atoms with E-state index in [0.717, 1.165) is 10.0 Å². The lowest BCUT2D eigenvalue weighted by molar-refractivity contribution is -0.147. The van der Waals surface area contributed by atoms with Gasteiger partial charge in [-0.05, 0) is 31.0 Å². The molecule has 0 spiro atoms. The predicted molar refractivity (Wildman–Crippen MR) is 76.9 cm³/mol. The fourth-order valence-electron chi connectivity index (χ4n) is 1.91. The number of hydrogen-bond donors (Lipinski definition) is 2. The molecule has 0 bridgehead atoms. The highest BCUT2D eigenvalue weighted by Gasteiger charge is 2.33. The number of rotatable bonds is 6. The van der Waals surface area contributed by atoms with Gasteiger partial charge in [-0.3, -0.25) is 4.79 Å². The first-order chi connectivity index (χ1) is 8.87. The van der Waals surface area contributed by atoms with Crippen molar-refractivity contribution in [3.8, 4) is 0 Å². The Morgan fingerprint density at radius 1 is 1.42 bits per heavy atom. The van der Waals surface area contributed by atoms with Crippen molar-refractivity contribution in [1.82, 2.24) is 5.32 Å². The Hall–Kier alpha value is -1.36. The van der Waals surface area contributed by atoms with Gasteiger partial charge >= 0.3 is 5.97 Å². The molecule has 1 unspecified atom stereocenters. The van der Waals surface area contributed by atoms with E-state index in [1.54, 1.807) is 0 Å². The number of amides is 1. The van der Waals surface area contributed by atoms with Crippen LogP contribution in [0.1, 0.15) is 32.3 Å². The van der Waals surface area contributed by atoms with Crippen LogP contribution in [-0.2, 0) is 16.0 Å². The van der Waals surface area contributed by atoms with Gasteiger partial charge in [0.2, 0.25) is 5.91 Å². The summed E-state index contributed by atoms with van der Waals surface area (Å²) in [6, 6.07) is 7.40. The molecule has 0 aliphatic carbocycles. The number of carboxylic acid groups (broad SMARTS) is 1. The molecule has 4 nitrogen and oxygen atoms in total. The third-order valence-electron chi connectivity index (χ3n) is 2.89. The number of benzene rings is 1. The van der Waals surface area contributed by atoms with Crippen molar-refractivity contribution in [2.24, 2.45) is 0 Å². The van der Waals surface area contributed by atoms with E-state index in [2.05, 4.69) is 21.2 Å². The summed E-state index contributed by atoms with van der Waals surface area (Å²) >= 11 is 3.34. The second-order valence-corrected chi connectivity index (χ2v) is 5.66. The van der Waals surface area contributed by atoms with E-state index in [-0.39, 0.29) is 12.3 Å². The number of nitrogens with one attached hydrogen (secondary N) is 1. The van der Waals surface area contributed by atoms with E-state index in [1.807, 2.05) is 31.2 Å². The lowest BCUT2D eigenvalue weighted by Gasteiger charge is -2.25. The van der Waals surface area contributed by atoms with Crippen molar-refractivity contribution in [2.45, 2.75) is 38.6 Å². The highest BCUT2D eigenvalue weighted by Crippen LogP contribution is 2.15. The van der Waals surface area contributed by atoms with E-state index in [4.69, 9.17) is 0 Å². The van der Waals surface area contributed by atoms with Crippen molar-refractivity contribution in [1.29, 1.82) is 0 Å². The standard InChI is InChI=1S/C14H18BrNO3/c1-3-7-14(2,13(18)19)16-12(17)9-10-5-4-6-11(15)8-10/h4-6,8H,3,7,9H2,1-2H3,(H,16,17)(H,18,19). The monoisotopic (exact) mass is 327 g/mol. The van der Waals surface area contributed by atoms with Crippen molar-refractivity contribution < 1.29 is 14.7 Å². The van der Waals surface area contributed by atoms with Gasteiger partial charge in [0.1, 0.15) is 5.54 Å². The third kappa shape index (κ3) is 4.67. The first kappa shape index (κ1) is 15.7. The number of aliphatic carboxylic acids is 1. The van der Waals surface area contributed by atoms with Gasteiger partial charge in [-0.25, -0.2) is 4.79 Å². The van der Waals surface area contributed by atoms with Gasteiger partial charge in [0.05, 0.1) is 6.42 Å². The fourth-order valence-corrected chi connectivity index (χ4v) is 2.35. The maximum absolute atomic E-state index is 11.9. The molecule has 5 heteroatoms. The molecule has 2 N–H and O–H groups in total. The molecule has 0 aliphatic heterocycles. The number of carbonyl (C=O) groups excluding carboxylic acids is 1. The minimum Gasteiger partial charge on any atom is -0.480 e. The lowest BCUT2D eigenvalue weighted by atomic mass is 9.96.